The molecule has 0 radical (unpaired) electrons. The summed E-state index contributed by atoms with van der Waals surface area (Å²) in [7, 11) is 0. The summed E-state index contributed by atoms with van der Waals surface area (Å²) in [6, 6.07) is 7.47. The predicted octanol–water partition coefficient (Wildman–Crippen LogP) is 3.79. The summed E-state index contributed by atoms with van der Waals surface area (Å²) in [6.07, 6.45) is 1.40. The molecule has 2 heterocycles. The van der Waals surface area contributed by atoms with Crippen LogP contribution in [0.3, 0.4) is 0 Å². The number of carbonyl (C=O) groups excluding carboxylic acids is 3. The normalized spacial score (nSPS) is 19.8. The maximum atomic E-state index is 12.2. The molecule has 0 aromatic heterocycles. The van der Waals surface area contributed by atoms with Gasteiger partial charge in [0.25, 0.3) is 5.24 Å². The van der Waals surface area contributed by atoms with Crippen molar-refractivity contribution < 1.29 is 38.5 Å². The Balaban J connectivity index is 0.00000420. The fourth-order valence-corrected chi connectivity index (χ4v) is 5.47. The Morgan fingerprint density at radius 3 is 2.41 bits per heavy atom. The van der Waals surface area contributed by atoms with Crippen LogP contribution in [0.2, 0.25) is 0 Å². The Morgan fingerprint density at radius 1 is 1.10 bits per heavy atom. The molecule has 2 aliphatic heterocycles. The molecule has 2 aromatic carbocycles. The van der Waals surface area contributed by atoms with Crippen molar-refractivity contribution in [3.8, 4) is 17.2 Å². The number of thioether (sulfide) groups is 1. The van der Waals surface area contributed by atoms with Gasteiger partial charge in [0.1, 0.15) is 29.5 Å². The number of esters is 1. The summed E-state index contributed by atoms with van der Waals surface area (Å²) >= 11 is 1.01. The molecule has 1 fully saturated rings. The van der Waals surface area contributed by atoms with Gasteiger partial charge in [-0.3, -0.25) is 24.5 Å². The van der Waals surface area contributed by atoms with Crippen LogP contribution in [0.5, 0.6) is 17.2 Å². The summed E-state index contributed by atoms with van der Waals surface area (Å²) < 4.78 is 18.1. The number of nitrogens with one attached hydrogen (secondary N) is 1. The SMILES string of the molecule is Cc1c(C)c2c(c(C)c1OC(=O)CCC(=O)O)CCC(C)(COc1ccc(CC3SC(=O)NC3=O)cc1)O2.[NaH]. The zero-order chi connectivity index (χ0) is 27.6. The quantitative estimate of drug-likeness (QED) is 0.265. The second-order valence-electron chi connectivity index (χ2n) is 9.95. The molecule has 4 rings (SSSR count). The number of benzene rings is 2. The van der Waals surface area contributed by atoms with Gasteiger partial charge < -0.3 is 19.3 Å². The number of fused-ring (bicyclic) bond motifs is 1. The number of carboxylic acid groups (broad SMARTS) is 1. The topological polar surface area (TPSA) is 128 Å². The van der Waals surface area contributed by atoms with Gasteiger partial charge in [-0.25, -0.2) is 0 Å². The third kappa shape index (κ3) is 7.36. The number of hydrogen-bond donors (Lipinski definition) is 2. The average Bonchev–Trinajstić information content (AvgIpc) is 3.19. The molecule has 0 aliphatic carbocycles. The van der Waals surface area contributed by atoms with E-state index in [0.29, 0.717) is 37.4 Å². The van der Waals surface area contributed by atoms with E-state index in [1.165, 1.54) is 0 Å². The number of carbonyl (C=O) groups is 4. The van der Waals surface area contributed by atoms with Gasteiger partial charge in [0.05, 0.1) is 18.1 Å². The molecule has 2 amide bonds. The summed E-state index contributed by atoms with van der Waals surface area (Å²) in [5, 5.41) is 10.4. The van der Waals surface area contributed by atoms with E-state index >= 15 is 0 Å². The molecule has 2 aromatic rings. The van der Waals surface area contributed by atoms with E-state index in [1.54, 1.807) is 0 Å². The number of ether oxygens (including phenoxy) is 3. The van der Waals surface area contributed by atoms with Crippen molar-refractivity contribution in [2.24, 2.45) is 0 Å². The average molecular weight is 566 g/mol. The molecule has 2 N–H and O–H groups in total. The zero-order valence-corrected chi connectivity index (χ0v) is 22.7. The van der Waals surface area contributed by atoms with Gasteiger partial charge in [0.15, 0.2) is 0 Å². The van der Waals surface area contributed by atoms with E-state index in [2.05, 4.69) is 5.32 Å². The molecule has 1 saturated heterocycles. The number of imide groups is 1. The van der Waals surface area contributed by atoms with Crippen LogP contribution in [0.4, 0.5) is 4.79 Å². The first kappa shape index (κ1) is 31.0. The van der Waals surface area contributed by atoms with E-state index in [4.69, 9.17) is 19.3 Å². The van der Waals surface area contributed by atoms with Gasteiger partial charge >= 0.3 is 41.5 Å². The first-order chi connectivity index (χ1) is 18.0. The second-order valence-corrected chi connectivity index (χ2v) is 11.1. The number of aliphatic carboxylic acids is 1. The van der Waals surface area contributed by atoms with Crippen molar-refractivity contribution in [2.75, 3.05) is 6.61 Å². The van der Waals surface area contributed by atoms with Crippen LogP contribution in [-0.2, 0) is 27.2 Å². The molecule has 0 saturated carbocycles. The molecular weight excluding hydrogens is 533 g/mol. The van der Waals surface area contributed by atoms with Gasteiger partial charge in [-0.05, 0) is 81.3 Å². The van der Waals surface area contributed by atoms with Gasteiger partial charge in [0, 0.05) is 5.56 Å². The fraction of sp³-hybridized carbons (Fsp3) is 0.429. The van der Waals surface area contributed by atoms with Crippen molar-refractivity contribution >= 4 is 64.4 Å². The molecular formula is C28H32NNaO8S. The second kappa shape index (κ2) is 12.8. The molecule has 204 valence electrons. The molecule has 0 spiro atoms. The predicted molar refractivity (Wildman–Crippen MR) is 148 cm³/mol. The van der Waals surface area contributed by atoms with Crippen molar-refractivity contribution in [2.45, 2.75) is 70.7 Å². The van der Waals surface area contributed by atoms with Crippen LogP contribution in [0.25, 0.3) is 0 Å². The van der Waals surface area contributed by atoms with E-state index in [9.17, 15) is 19.2 Å². The Bertz CT molecular complexity index is 1300. The fourth-order valence-electron chi connectivity index (χ4n) is 4.61. The molecule has 2 unspecified atom stereocenters. The van der Waals surface area contributed by atoms with Crippen LogP contribution in [0.15, 0.2) is 24.3 Å². The number of rotatable bonds is 9. The zero-order valence-electron chi connectivity index (χ0n) is 21.8. The van der Waals surface area contributed by atoms with Gasteiger partial charge in [-0.15, -0.1) is 0 Å². The molecule has 11 heteroatoms. The van der Waals surface area contributed by atoms with Crippen molar-refractivity contribution in [1.29, 1.82) is 0 Å². The Morgan fingerprint density at radius 2 is 1.79 bits per heavy atom. The number of amides is 2. The van der Waals surface area contributed by atoms with Gasteiger partial charge in [-0.1, -0.05) is 23.9 Å². The molecule has 2 aliphatic rings. The summed E-state index contributed by atoms with van der Waals surface area (Å²) in [5.41, 5.74) is 3.81. The van der Waals surface area contributed by atoms with Crippen molar-refractivity contribution in [1.82, 2.24) is 5.32 Å². The Labute approximate surface area is 253 Å². The third-order valence-corrected chi connectivity index (χ3v) is 7.96. The Hall–Kier alpha value is -2.53. The molecule has 2 atom stereocenters. The number of hydrogen-bond acceptors (Lipinski definition) is 8. The number of carboxylic acids is 1. The van der Waals surface area contributed by atoms with Crippen LogP contribution in [0.1, 0.15) is 54.0 Å². The molecule has 39 heavy (non-hydrogen) atoms. The monoisotopic (exact) mass is 565 g/mol. The van der Waals surface area contributed by atoms with E-state index in [0.717, 1.165) is 45.3 Å². The first-order valence-electron chi connectivity index (χ1n) is 12.4. The summed E-state index contributed by atoms with van der Waals surface area (Å²) in [5.74, 6) is 0.0392. The van der Waals surface area contributed by atoms with E-state index in [1.807, 2.05) is 52.0 Å². The third-order valence-electron chi connectivity index (χ3n) is 6.98. The first-order valence-corrected chi connectivity index (χ1v) is 13.3. The van der Waals surface area contributed by atoms with Gasteiger partial charge in [0.2, 0.25) is 5.91 Å². The van der Waals surface area contributed by atoms with E-state index in [-0.39, 0.29) is 53.5 Å². The molecule has 0 bridgehead atoms. The summed E-state index contributed by atoms with van der Waals surface area (Å²) in [4.78, 5) is 46.2. The van der Waals surface area contributed by atoms with Crippen molar-refractivity contribution in [3.05, 3.63) is 52.1 Å². The molecule has 9 nitrogen and oxygen atoms in total. The van der Waals surface area contributed by atoms with Crippen LogP contribution in [0, 0.1) is 20.8 Å². The van der Waals surface area contributed by atoms with Crippen LogP contribution in [-0.4, -0.2) is 75.2 Å². The van der Waals surface area contributed by atoms with Crippen LogP contribution >= 0.6 is 11.8 Å². The van der Waals surface area contributed by atoms with Gasteiger partial charge in [-0.2, -0.15) is 0 Å². The van der Waals surface area contributed by atoms with E-state index < -0.39 is 22.8 Å². The standard InChI is InChI=1S/C28H31NO8S.Na.H/c1-15-16(2)25-20(17(3)24(15)36-23(32)10-9-22(30)31)11-12-28(4,37-25)14-35-19-7-5-18(6-8-19)13-21-26(33)29-27(34)38-21;;/h5-8,21H,9-14H2,1-4H3,(H,30,31)(H,29,33,34);;. The van der Waals surface area contributed by atoms with Crippen molar-refractivity contribution in [3.63, 3.8) is 0 Å². The minimum atomic E-state index is -1.04. The maximum absolute atomic E-state index is 12.2. The van der Waals surface area contributed by atoms with Crippen LogP contribution < -0.4 is 19.5 Å². The Kier molecular flexibility index (Phi) is 10.1. The summed E-state index contributed by atoms with van der Waals surface area (Å²) in [6.45, 7) is 7.99. The minimum absolute atomic E-state index is 0.